The highest BCUT2D eigenvalue weighted by Crippen LogP contribution is 2.21. The number of carbonyl (C=O) groups excluding carboxylic acids is 1. The Kier molecular flexibility index (Phi) is 5.41. The van der Waals surface area contributed by atoms with Crippen molar-refractivity contribution >= 4 is 29.0 Å². The van der Waals surface area contributed by atoms with Crippen LogP contribution in [-0.2, 0) is 0 Å². The van der Waals surface area contributed by atoms with Crippen molar-refractivity contribution in [3.63, 3.8) is 0 Å². The molecule has 4 rings (SSSR count). The number of para-hydroxylation sites is 2. The maximum atomic E-state index is 13.3. The van der Waals surface area contributed by atoms with E-state index in [1.165, 1.54) is 0 Å². The van der Waals surface area contributed by atoms with Gasteiger partial charge in [0.05, 0.1) is 17.1 Å². The molecule has 0 fully saturated rings. The number of nitrogens with one attached hydrogen (secondary N) is 2. The number of nitrogens with zero attached hydrogens (tertiary/aromatic N) is 2. The molecule has 3 aromatic carbocycles. The van der Waals surface area contributed by atoms with E-state index in [0.29, 0.717) is 22.1 Å². The molecule has 1 aromatic heterocycles. The maximum absolute atomic E-state index is 13.3. The number of halogens is 1. The molecule has 6 nitrogen and oxygen atoms in total. The Bertz CT molecular complexity index is 1230. The molecule has 0 spiro atoms. The van der Waals surface area contributed by atoms with Gasteiger partial charge in [-0.05, 0) is 55.5 Å². The molecule has 0 aliphatic carbocycles. The Morgan fingerprint density at radius 2 is 1.30 bits per heavy atom. The fourth-order valence-corrected chi connectivity index (χ4v) is 3.37. The first kappa shape index (κ1) is 19.5. The SMILES string of the molecule is Cc1c(NC(=O)Nc2ccc(Cl)cc2)c(=O)n(-c2ccccc2)n1-c1ccccc1. The van der Waals surface area contributed by atoms with E-state index < -0.39 is 6.03 Å². The van der Waals surface area contributed by atoms with Crippen LogP contribution in [0.25, 0.3) is 11.4 Å². The number of hydrogen-bond acceptors (Lipinski definition) is 2. The van der Waals surface area contributed by atoms with Gasteiger partial charge in [-0.2, -0.15) is 0 Å². The van der Waals surface area contributed by atoms with E-state index in [2.05, 4.69) is 10.6 Å². The van der Waals surface area contributed by atoms with Crippen molar-refractivity contribution < 1.29 is 4.79 Å². The van der Waals surface area contributed by atoms with Gasteiger partial charge in [-0.15, -0.1) is 0 Å². The number of rotatable bonds is 4. The second kappa shape index (κ2) is 8.31. The minimum absolute atomic E-state index is 0.203. The van der Waals surface area contributed by atoms with Gasteiger partial charge in [0.2, 0.25) is 0 Å². The summed E-state index contributed by atoms with van der Waals surface area (Å²) in [5.41, 5.74) is 2.56. The fraction of sp³-hybridized carbons (Fsp3) is 0.0435. The number of aromatic nitrogens is 2. The van der Waals surface area contributed by atoms with E-state index in [1.807, 2.05) is 60.7 Å². The lowest BCUT2D eigenvalue weighted by atomic mass is 10.3. The third kappa shape index (κ3) is 3.86. The van der Waals surface area contributed by atoms with E-state index in [9.17, 15) is 9.59 Å². The molecule has 1 heterocycles. The van der Waals surface area contributed by atoms with Gasteiger partial charge >= 0.3 is 6.03 Å². The number of urea groups is 1. The topological polar surface area (TPSA) is 68.1 Å². The number of carbonyl (C=O) groups is 1. The summed E-state index contributed by atoms with van der Waals surface area (Å²) in [4.78, 5) is 25.9. The molecule has 0 aliphatic rings. The zero-order chi connectivity index (χ0) is 21.1. The molecule has 0 bridgehead atoms. The first-order valence-corrected chi connectivity index (χ1v) is 9.71. The van der Waals surface area contributed by atoms with Crippen LogP contribution in [0, 0.1) is 6.92 Å². The molecule has 0 saturated heterocycles. The molecule has 0 atom stereocenters. The van der Waals surface area contributed by atoms with Crippen LogP contribution in [0.5, 0.6) is 0 Å². The summed E-state index contributed by atoms with van der Waals surface area (Å²) in [6, 6.07) is 25.0. The first-order valence-electron chi connectivity index (χ1n) is 9.33. The van der Waals surface area contributed by atoms with Crippen LogP contribution in [0.4, 0.5) is 16.2 Å². The number of anilines is 2. The average Bonchev–Trinajstić information content (AvgIpc) is 3.01. The molecule has 30 heavy (non-hydrogen) atoms. The Morgan fingerprint density at radius 3 is 1.87 bits per heavy atom. The standard InChI is InChI=1S/C23H19ClN4O2/c1-16-21(26-23(30)25-18-14-12-17(24)13-15-18)22(29)28(20-10-6-3-7-11-20)27(16)19-8-4-2-5-9-19/h2-15H,1H3,(H2,25,26,30). The van der Waals surface area contributed by atoms with Gasteiger partial charge in [-0.25, -0.2) is 14.2 Å². The summed E-state index contributed by atoms with van der Waals surface area (Å²) in [7, 11) is 0. The summed E-state index contributed by atoms with van der Waals surface area (Å²) in [6.07, 6.45) is 0. The van der Waals surface area contributed by atoms with Gasteiger partial charge in [-0.3, -0.25) is 4.79 Å². The average molecular weight is 419 g/mol. The highest BCUT2D eigenvalue weighted by atomic mass is 35.5. The highest BCUT2D eigenvalue weighted by Gasteiger charge is 2.21. The largest absolute Gasteiger partial charge is 0.323 e. The van der Waals surface area contributed by atoms with Gasteiger partial charge < -0.3 is 10.6 Å². The van der Waals surface area contributed by atoms with Crippen molar-refractivity contribution in [3.05, 3.63) is 106 Å². The molecule has 0 aliphatic heterocycles. The number of amides is 2. The lowest BCUT2D eigenvalue weighted by Crippen LogP contribution is -2.25. The van der Waals surface area contributed by atoms with Crippen molar-refractivity contribution in [2.45, 2.75) is 6.92 Å². The van der Waals surface area contributed by atoms with Crippen molar-refractivity contribution in [3.8, 4) is 11.4 Å². The summed E-state index contributed by atoms with van der Waals surface area (Å²) in [5.74, 6) is 0. The first-order chi connectivity index (χ1) is 14.5. The Morgan fingerprint density at radius 1 is 0.767 bits per heavy atom. The normalized spacial score (nSPS) is 10.6. The van der Waals surface area contributed by atoms with Gasteiger partial charge in [0.1, 0.15) is 5.69 Å². The van der Waals surface area contributed by atoms with Crippen LogP contribution in [0.1, 0.15) is 5.69 Å². The van der Waals surface area contributed by atoms with Gasteiger partial charge in [0.15, 0.2) is 0 Å². The van der Waals surface area contributed by atoms with Crippen LogP contribution >= 0.6 is 11.6 Å². The molecule has 7 heteroatoms. The second-order valence-corrected chi connectivity index (χ2v) is 7.08. The molecule has 0 unspecified atom stereocenters. The lowest BCUT2D eigenvalue weighted by molar-refractivity contribution is 0.262. The number of hydrogen-bond donors (Lipinski definition) is 2. The Balaban J connectivity index is 1.75. The zero-order valence-corrected chi connectivity index (χ0v) is 16.9. The Hall–Kier alpha value is -3.77. The van der Waals surface area contributed by atoms with Crippen LogP contribution in [0.2, 0.25) is 5.02 Å². The molecular weight excluding hydrogens is 400 g/mol. The van der Waals surface area contributed by atoms with Crippen molar-refractivity contribution in [1.82, 2.24) is 9.36 Å². The van der Waals surface area contributed by atoms with Gasteiger partial charge in [0.25, 0.3) is 5.56 Å². The minimum atomic E-state index is -0.511. The molecule has 150 valence electrons. The third-order valence-corrected chi connectivity index (χ3v) is 4.88. The molecule has 4 aromatic rings. The van der Waals surface area contributed by atoms with Crippen LogP contribution in [0.15, 0.2) is 89.7 Å². The molecule has 0 radical (unpaired) electrons. The van der Waals surface area contributed by atoms with Gasteiger partial charge in [-0.1, -0.05) is 48.0 Å². The van der Waals surface area contributed by atoms with E-state index in [4.69, 9.17) is 11.6 Å². The second-order valence-electron chi connectivity index (χ2n) is 6.65. The minimum Gasteiger partial charge on any atom is -0.308 e. The number of benzene rings is 3. The summed E-state index contributed by atoms with van der Waals surface area (Å²) >= 11 is 5.88. The fourth-order valence-electron chi connectivity index (χ4n) is 3.24. The molecule has 0 saturated carbocycles. The Labute approximate surface area is 178 Å². The molecule has 2 amide bonds. The molecule has 2 N–H and O–H groups in total. The lowest BCUT2D eigenvalue weighted by Gasteiger charge is -2.13. The van der Waals surface area contributed by atoms with Gasteiger partial charge in [0, 0.05) is 10.7 Å². The predicted octanol–water partition coefficient (Wildman–Crippen LogP) is 5.23. The quantitative estimate of drug-likeness (QED) is 0.476. The van der Waals surface area contributed by atoms with E-state index in [0.717, 1.165) is 5.69 Å². The monoisotopic (exact) mass is 418 g/mol. The van der Waals surface area contributed by atoms with E-state index in [1.54, 1.807) is 40.6 Å². The zero-order valence-electron chi connectivity index (χ0n) is 16.2. The van der Waals surface area contributed by atoms with Crippen LogP contribution in [0.3, 0.4) is 0 Å². The summed E-state index contributed by atoms with van der Waals surface area (Å²) < 4.78 is 3.33. The summed E-state index contributed by atoms with van der Waals surface area (Å²) in [5, 5.41) is 5.99. The summed E-state index contributed by atoms with van der Waals surface area (Å²) in [6.45, 7) is 1.80. The van der Waals surface area contributed by atoms with Crippen molar-refractivity contribution in [2.75, 3.05) is 10.6 Å². The highest BCUT2D eigenvalue weighted by molar-refractivity contribution is 6.30. The van der Waals surface area contributed by atoms with E-state index >= 15 is 0 Å². The predicted molar refractivity (Wildman–Crippen MR) is 120 cm³/mol. The van der Waals surface area contributed by atoms with Crippen molar-refractivity contribution in [1.29, 1.82) is 0 Å². The van der Waals surface area contributed by atoms with Crippen LogP contribution < -0.4 is 16.2 Å². The maximum Gasteiger partial charge on any atom is 0.323 e. The van der Waals surface area contributed by atoms with Crippen LogP contribution in [-0.4, -0.2) is 15.4 Å². The smallest absolute Gasteiger partial charge is 0.308 e. The molecular formula is C23H19ClN4O2. The van der Waals surface area contributed by atoms with Crippen molar-refractivity contribution in [2.24, 2.45) is 0 Å². The van der Waals surface area contributed by atoms with E-state index in [-0.39, 0.29) is 11.2 Å². The third-order valence-electron chi connectivity index (χ3n) is 4.63.